The molecule has 0 bridgehead atoms. The minimum Gasteiger partial charge on any atom is -0.308 e. The summed E-state index contributed by atoms with van der Waals surface area (Å²) in [6.07, 6.45) is 3.96. The molecule has 0 saturated carbocycles. The van der Waals surface area contributed by atoms with E-state index in [1.54, 1.807) is 10.4 Å². The second-order valence-corrected chi connectivity index (χ2v) is 6.77. The van der Waals surface area contributed by atoms with Crippen molar-refractivity contribution in [3.05, 3.63) is 56.3 Å². The van der Waals surface area contributed by atoms with Gasteiger partial charge in [0, 0.05) is 22.8 Å². The Morgan fingerprint density at radius 3 is 2.84 bits per heavy atom. The van der Waals surface area contributed by atoms with Crippen molar-refractivity contribution >= 4 is 11.3 Å². The van der Waals surface area contributed by atoms with Crippen LogP contribution in [0.3, 0.4) is 0 Å². The van der Waals surface area contributed by atoms with Crippen LogP contribution in [0, 0.1) is 13.8 Å². The van der Waals surface area contributed by atoms with E-state index in [4.69, 9.17) is 0 Å². The zero-order valence-electron chi connectivity index (χ0n) is 11.8. The summed E-state index contributed by atoms with van der Waals surface area (Å²) in [6, 6.07) is 9.09. The van der Waals surface area contributed by atoms with E-state index in [9.17, 15) is 0 Å². The maximum atomic E-state index is 3.59. The number of nitrogens with one attached hydrogen (secondary N) is 1. The van der Waals surface area contributed by atoms with Crippen molar-refractivity contribution < 1.29 is 0 Å². The number of hydrogen-bond donors (Lipinski definition) is 1. The molecule has 0 amide bonds. The first-order valence-corrected chi connectivity index (χ1v) is 7.91. The number of thiophene rings is 1. The van der Waals surface area contributed by atoms with Crippen molar-refractivity contribution in [1.82, 2.24) is 5.32 Å². The monoisotopic (exact) mass is 271 g/mol. The smallest absolute Gasteiger partial charge is 0.0303 e. The summed E-state index contributed by atoms with van der Waals surface area (Å²) in [5.41, 5.74) is 5.75. The van der Waals surface area contributed by atoms with E-state index in [0.29, 0.717) is 0 Å². The van der Waals surface area contributed by atoms with Crippen LogP contribution in [0.5, 0.6) is 0 Å². The average molecular weight is 271 g/mol. The molecule has 1 N–H and O–H groups in total. The molecule has 0 fully saturated rings. The predicted octanol–water partition coefficient (Wildman–Crippen LogP) is 4.14. The lowest BCUT2D eigenvalue weighted by atomic mass is 10.1. The highest BCUT2D eigenvalue weighted by Gasteiger charge is 2.14. The van der Waals surface area contributed by atoms with Gasteiger partial charge in [-0.3, -0.25) is 0 Å². The fraction of sp³-hybridized carbons (Fsp3) is 0.412. The van der Waals surface area contributed by atoms with Crippen molar-refractivity contribution in [2.45, 2.75) is 46.2 Å². The van der Waals surface area contributed by atoms with E-state index in [-0.39, 0.29) is 0 Å². The van der Waals surface area contributed by atoms with Crippen molar-refractivity contribution in [1.29, 1.82) is 0 Å². The van der Waals surface area contributed by atoms with Crippen LogP contribution in [-0.4, -0.2) is 0 Å². The molecule has 0 unspecified atom stereocenters. The van der Waals surface area contributed by atoms with Gasteiger partial charge in [-0.2, -0.15) is 0 Å². The Hall–Kier alpha value is -1.12. The van der Waals surface area contributed by atoms with E-state index in [1.165, 1.54) is 40.8 Å². The lowest BCUT2D eigenvalue weighted by Crippen LogP contribution is -2.12. The highest BCUT2D eigenvalue weighted by Crippen LogP contribution is 2.30. The van der Waals surface area contributed by atoms with Crippen LogP contribution >= 0.6 is 11.3 Å². The fourth-order valence-electron chi connectivity index (χ4n) is 2.79. The molecule has 2 heteroatoms. The number of rotatable bonds is 4. The third-order valence-corrected chi connectivity index (χ3v) is 5.15. The highest BCUT2D eigenvalue weighted by atomic mass is 32.1. The average Bonchev–Trinajstić information content (AvgIpc) is 2.94. The first-order valence-electron chi connectivity index (χ1n) is 7.09. The van der Waals surface area contributed by atoms with Crippen LogP contribution in [0.4, 0.5) is 0 Å². The maximum absolute atomic E-state index is 3.59. The molecule has 1 aliphatic carbocycles. The number of benzene rings is 1. The Morgan fingerprint density at radius 1 is 1.11 bits per heavy atom. The molecule has 1 aliphatic rings. The van der Waals surface area contributed by atoms with Gasteiger partial charge in [0.05, 0.1) is 0 Å². The maximum Gasteiger partial charge on any atom is 0.0303 e. The number of aryl methyl sites for hydroxylation is 4. The topological polar surface area (TPSA) is 12.0 Å². The van der Waals surface area contributed by atoms with Gasteiger partial charge in [-0.05, 0) is 55.9 Å². The SMILES string of the molecule is Cc1ccc(C)c(CNCc2cc3c(s2)CCC3)c1. The lowest BCUT2D eigenvalue weighted by molar-refractivity contribution is 0.697. The Morgan fingerprint density at radius 2 is 2.00 bits per heavy atom. The van der Waals surface area contributed by atoms with E-state index in [1.807, 2.05) is 11.3 Å². The summed E-state index contributed by atoms with van der Waals surface area (Å²) in [4.78, 5) is 3.12. The van der Waals surface area contributed by atoms with Gasteiger partial charge >= 0.3 is 0 Å². The minimum atomic E-state index is 0.968. The Kier molecular flexibility index (Phi) is 3.72. The first kappa shape index (κ1) is 12.9. The zero-order valence-corrected chi connectivity index (χ0v) is 12.6. The summed E-state index contributed by atoms with van der Waals surface area (Å²) >= 11 is 2.00. The van der Waals surface area contributed by atoms with Gasteiger partial charge in [-0.25, -0.2) is 0 Å². The van der Waals surface area contributed by atoms with E-state index in [0.717, 1.165) is 13.1 Å². The Bertz CT molecular complexity index is 561. The molecule has 0 spiro atoms. The van der Waals surface area contributed by atoms with Crippen molar-refractivity contribution in [2.75, 3.05) is 0 Å². The minimum absolute atomic E-state index is 0.968. The molecule has 19 heavy (non-hydrogen) atoms. The largest absolute Gasteiger partial charge is 0.308 e. The van der Waals surface area contributed by atoms with Crippen LogP contribution in [0.25, 0.3) is 0 Å². The standard InChI is InChI=1S/C17H21NS/c1-12-6-7-13(2)15(8-12)10-18-11-16-9-14-4-3-5-17(14)19-16/h6-9,18H,3-5,10-11H2,1-2H3. The lowest BCUT2D eigenvalue weighted by Gasteiger charge is -2.08. The summed E-state index contributed by atoms with van der Waals surface area (Å²) in [5, 5.41) is 3.59. The summed E-state index contributed by atoms with van der Waals surface area (Å²) in [6.45, 7) is 6.32. The van der Waals surface area contributed by atoms with E-state index >= 15 is 0 Å². The molecule has 100 valence electrons. The van der Waals surface area contributed by atoms with Crippen LogP contribution < -0.4 is 5.32 Å². The Balaban J connectivity index is 1.59. The molecule has 3 rings (SSSR count). The van der Waals surface area contributed by atoms with E-state index < -0.39 is 0 Å². The van der Waals surface area contributed by atoms with Crippen LogP contribution in [0.1, 0.15) is 38.4 Å². The predicted molar refractivity (Wildman–Crippen MR) is 82.8 cm³/mol. The molecule has 1 nitrogen and oxygen atoms in total. The Labute approximate surface area is 119 Å². The van der Waals surface area contributed by atoms with Gasteiger partial charge in [-0.15, -0.1) is 11.3 Å². The second kappa shape index (κ2) is 5.48. The van der Waals surface area contributed by atoms with Gasteiger partial charge in [0.25, 0.3) is 0 Å². The molecule has 1 aromatic carbocycles. The second-order valence-electron chi connectivity index (χ2n) is 5.55. The molecule has 0 radical (unpaired) electrons. The molecule has 0 atom stereocenters. The first-order chi connectivity index (χ1) is 9.22. The normalized spacial score (nSPS) is 13.8. The third-order valence-electron chi connectivity index (χ3n) is 3.92. The molecular formula is C17H21NS. The van der Waals surface area contributed by atoms with Crippen LogP contribution in [-0.2, 0) is 25.9 Å². The number of hydrogen-bond acceptors (Lipinski definition) is 2. The van der Waals surface area contributed by atoms with Gasteiger partial charge in [0.1, 0.15) is 0 Å². The van der Waals surface area contributed by atoms with Crippen LogP contribution in [0.2, 0.25) is 0 Å². The van der Waals surface area contributed by atoms with Crippen LogP contribution in [0.15, 0.2) is 24.3 Å². The fourth-order valence-corrected chi connectivity index (χ4v) is 4.02. The zero-order chi connectivity index (χ0) is 13.2. The molecule has 1 heterocycles. The van der Waals surface area contributed by atoms with Crippen molar-refractivity contribution in [2.24, 2.45) is 0 Å². The number of fused-ring (bicyclic) bond motifs is 1. The van der Waals surface area contributed by atoms with Gasteiger partial charge < -0.3 is 5.32 Å². The van der Waals surface area contributed by atoms with Gasteiger partial charge in [-0.1, -0.05) is 23.8 Å². The van der Waals surface area contributed by atoms with Gasteiger partial charge in [0.15, 0.2) is 0 Å². The molecule has 0 saturated heterocycles. The van der Waals surface area contributed by atoms with Crippen molar-refractivity contribution in [3.63, 3.8) is 0 Å². The molecular weight excluding hydrogens is 250 g/mol. The summed E-state index contributed by atoms with van der Waals surface area (Å²) < 4.78 is 0. The van der Waals surface area contributed by atoms with Crippen molar-refractivity contribution in [3.8, 4) is 0 Å². The molecule has 0 aliphatic heterocycles. The van der Waals surface area contributed by atoms with Gasteiger partial charge in [0.2, 0.25) is 0 Å². The molecule has 1 aromatic heterocycles. The quantitative estimate of drug-likeness (QED) is 0.881. The molecule has 2 aromatic rings. The summed E-state index contributed by atoms with van der Waals surface area (Å²) in [7, 11) is 0. The third kappa shape index (κ3) is 2.90. The highest BCUT2D eigenvalue weighted by molar-refractivity contribution is 7.12. The summed E-state index contributed by atoms with van der Waals surface area (Å²) in [5.74, 6) is 0. The van der Waals surface area contributed by atoms with E-state index in [2.05, 4.69) is 43.4 Å².